The number of nitrogens with zero attached hydrogens (tertiary/aromatic N) is 4. The highest BCUT2D eigenvalue weighted by Crippen LogP contribution is 2.28. The molecule has 0 radical (unpaired) electrons. The van der Waals surface area contributed by atoms with Gasteiger partial charge in [-0.15, -0.1) is 10.2 Å². The van der Waals surface area contributed by atoms with E-state index in [1.807, 2.05) is 7.05 Å². The quantitative estimate of drug-likeness (QED) is 0.820. The summed E-state index contributed by atoms with van der Waals surface area (Å²) in [4.78, 5) is 6.21. The average Bonchev–Trinajstić information content (AvgIpc) is 2.32. The van der Waals surface area contributed by atoms with Gasteiger partial charge in [-0.2, -0.15) is 4.98 Å². The molecule has 1 aromatic heterocycles. The normalized spacial score (nSPS) is 17.4. The second kappa shape index (κ2) is 5.15. The molecule has 0 unspecified atom stereocenters. The molecule has 0 N–H and O–H groups in total. The lowest BCUT2D eigenvalue weighted by molar-refractivity contribution is 0.425. The molecule has 0 bridgehead atoms. The van der Waals surface area contributed by atoms with Crippen LogP contribution in [-0.2, 0) is 0 Å². The number of hydrogen-bond donors (Lipinski definition) is 0. The summed E-state index contributed by atoms with van der Waals surface area (Å²) in [5.41, 5.74) is 0. The maximum atomic E-state index is 5.97. The summed E-state index contributed by atoms with van der Waals surface area (Å²) in [6, 6.07) is 0.485. The molecule has 6 heteroatoms. The van der Waals surface area contributed by atoms with Crippen molar-refractivity contribution in [3.63, 3.8) is 0 Å². The fourth-order valence-corrected chi connectivity index (χ4v) is 2.48. The first-order chi connectivity index (χ1) is 7.68. The molecular formula is C10H14Cl2N4. The van der Waals surface area contributed by atoms with Crippen molar-refractivity contribution in [1.29, 1.82) is 0 Å². The molecule has 1 aliphatic rings. The van der Waals surface area contributed by atoms with E-state index in [1.165, 1.54) is 32.1 Å². The summed E-state index contributed by atoms with van der Waals surface area (Å²) >= 11 is 11.7. The molecule has 0 aromatic carbocycles. The van der Waals surface area contributed by atoms with Crippen molar-refractivity contribution < 1.29 is 0 Å². The minimum atomic E-state index is 0.141. The van der Waals surface area contributed by atoms with Gasteiger partial charge in [0.05, 0.1) is 0 Å². The van der Waals surface area contributed by atoms with Crippen LogP contribution >= 0.6 is 23.2 Å². The molecule has 0 aliphatic heterocycles. The van der Waals surface area contributed by atoms with Gasteiger partial charge in [-0.3, -0.25) is 0 Å². The Morgan fingerprint density at radius 2 is 1.81 bits per heavy atom. The number of anilines is 1. The van der Waals surface area contributed by atoms with E-state index in [0.717, 1.165) is 0 Å². The van der Waals surface area contributed by atoms with Crippen molar-refractivity contribution in [2.45, 2.75) is 38.1 Å². The van der Waals surface area contributed by atoms with Gasteiger partial charge in [0, 0.05) is 13.1 Å². The van der Waals surface area contributed by atoms with E-state index < -0.39 is 0 Å². The Hall–Kier alpha value is -0.610. The third kappa shape index (κ3) is 2.55. The summed E-state index contributed by atoms with van der Waals surface area (Å²) in [6.45, 7) is 0. The van der Waals surface area contributed by atoms with Gasteiger partial charge in [-0.25, -0.2) is 0 Å². The first-order valence-electron chi connectivity index (χ1n) is 5.47. The van der Waals surface area contributed by atoms with Crippen molar-refractivity contribution in [2.75, 3.05) is 11.9 Å². The first-order valence-corrected chi connectivity index (χ1v) is 6.22. The van der Waals surface area contributed by atoms with Crippen LogP contribution in [0.4, 0.5) is 5.82 Å². The molecular weight excluding hydrogens is 247 g/mol. The molecule has 88 valence electrons. The van der Waals surface area contributed by atoms with Crippen LogP contribution in [-0.4, -0.2) is 28.3 Å². The van der Waals surface area contributed by atoms with Gasteiger partial charge in [0.1, 0.15) is 0 Å². The van der Waals surface area contributed by atoms with Gasteiger partial charge in [0.25, 0.3) is 0 Å². The van der Waals surface area contributed by atoms with E-state index >= 15 is 0 Å². The van der Waals surface area contributed by atoms with Crippen LogP contribution in [0.5, 0.6) is 0 Å². The SMILES string of the molecule is CN(c1nc(Cl)nnc1Cl)C1CCCCC1. The predicted octanol–water partition coefficient (Wildman–Crippen LogP) is 2.95. The zero-order valence-corrected chi connectivity index (χ0v) is 10.7. The second-order valence-electron chi connectivity index (χ2n) is 4.10. The van der Waals surface area contributed by atoms with E-state index in [-0.39, 0.29) is 5.28 Å². The van der Waals surface area contributed by atoms with Crippen LogP contribution in [0.1, 0.15) is 32.1 Å². The molecule has 16 heavy (non-hydrogen) atoms. The Morgan fingerprint density at radius 1 is 1.12 bits per heavy atom. The topological polar surface area (TPSA) is 41.9 Å². The van der Waals surface area contributed by atoms with E-state index in [9.17, 15) is 0 Å². The standard InChI is InChI=1S/C10H14Cl2N4/c1-16(7-5-3-2-4-6-7)9-8(11)14-15-10(12)13-9/h7H,2-6H2,1H3. The van der Waals surface area contributed by atoms with Crippen LogP contribution < -0.4 is 4.90 Å². The van der Waals surface area contributed by atoms with E-state index in [4.69, 9.17) is 23.2 Å². The molecule has 4 nitrogen and oxygen atoms in total. The van der Waals surface area contributed by atoms with Crippen molar-refractivity contribution >= 4 is 29.0 Å². The third-order valence-electron chi connectivity index (χ3n) is 3.06. The minimum Gasteiger partial charge on any atom is -0.354 e. The lowest BCUT2D eigenvalue weighted by Gasteiger charge is -2.32. The Labute approximate surface area is 105 Å². The molecule has 0 spiro atoms. The van der Waals surface area contributed by atoms with Crippen LogP contribution in [0.2, 0.25) is 10.4 Å². The van der Waals surface area contributed by atoms with E-state index in [1.54, 1.807) is 0 Å². The summed E-state index contributed by atoms with van der Waals surface area (Å²) in [5.74, 6) is 0.633. The van der Waals surface area contributed by atoms with Crippen molar-refractivity contribution in [3.8, 4) is 0 Å². The number of aromatic nitrogens is 3. The lowest BCUT2D eigenvalue weighted by atomic mass is 9.94. The molecule has 0 atom stereocenters. The van der Waals surface area contributed by atoms with Gasteiger partial charge in [0.15, 0.2) is 11.0 Å². The molecule has 0 saturated heterocycles. The monoisotopic (exact) mass is 260 g/mol. The number of hydrogen-bond acceptors (Lipinski definition) is 4. The highest BCUT2D eigenvalue weighted by atomic mass is 35.5. The van der Waals surface area contributed by atoms with Gasteiger partial charge >= 0.3 is 0 Å². The Bertz CT molecular complexity index is 366. The molecule has 1 saturated carbocycles. The predicted molar refractivity (Wildman–Crippen MR) is 65.1 cm³/mol. The van der Waals surface area contributed by atoms with Crippen LogP contribution in [0.15, 0.2) is 0 Å². The minimum absolute atomic E-state index is 0.141. The maximum Gasteiger partial charge on any atom is 0.245 e. The van der Waals surface area contributed by atoms with Crippen molar-refractivity contribution in [2.24, 2.45) is 0 Å². The van der Waals surface area contributed by atoms with Crippen molar-refractivity contribution in [1.82, 2.24) is 15.2 Å². The molecule has 2 rings (SSSR count). The lowest BCUT2D eigenvalue weighted by Crippen LogP contribution is -2.34. The molecule has 1 aromatic rings. The van der Waals surface area contributed by atoms with Gasteiger partial charge in [-0.05, 0) is 24.4 Å². The Morgan fingerprint density at radius 3 is 2.50 bits per heavy atom. The highest BCUT2D eigenvalue weighted by molar-refractivity contribution is 6.32. The Balaban J connectivity index is 2.18. The van der Waals surface area contributed by atoms with Crippen LogP contribution in [0, 0.1) is 0 Å². The third-order valence-corrected chi connectivity index (χ3v) is 3.46. The highest BCUT2D eigenvalue weighted by Gasteiger charge is 2.21. The number of halogens is 2. The summed E-state index contributed by atoms with van der Waals surface area (Å²) in [6.07, 6.45) is 6.20. The smallest absolute Gasteiger partial charge is 0.245 e. The molecule has 1 fully saturated rings. The van der Waals surface area contributed by atoms with E-state index in [2.05, 4.69) is 20.1 Å². The molecule has 1 heterocycles. The van der Waals surface area contributed by atoms with Gasteiger partial charge < -0.3 is 4.90 Å². The molecule has 0 amide bonds. The summed E-state index contributed by atoms with van der Waals surface area (Å²) < 4.78 is 0. The van der Waals surface area contributed by atoms with Gasteiger partial charge in [-0.1, -0.05) is 30.9 Å². The van der Waals surface area contributed by atoms with Crippen LogP contribution in [0.3, 0.4) is 0 Å². The summed E-state index contributed by atoms with van der Waals surface area (Å²) in [5, 5.41) is 7.84. The average molecular weight is 261 g/mol. The molecule has 1 aliphatic carbocycles. The fourth-order valence-electron chi connectivity index (χ4n) is 2.15. The van der Waals surface area contributed by atoms with Crippen molar-refractivity contribution in [3.05, 3.63) is 10.4 Å². The fraction of sp³-hybridized carbons (Fsp3) is 0.700. The first kappa shape index (κ1) is 11.9. The Kier molecular flexibility index (Phi) is 3.82. The number of rotatable bonds is 2. The largest absolute Gasteiger partial charge is 0.354 e. The second-order valence-corrected chi connectivity index (χ2v) is 4.79. The van der Waals surface area contributed by atoms with Crippen LogP contribution in [0.25, 0.3) is 0 Å². The zero-order chi connectivity index (χ0) is 11.5. The zero-order valence-electron chi connectivity index (χ0n) is 9.16. The summed E-state index contributed by atoms with van der Waals surface area (Å²) in [7, 11) is 1.99. The van der Waals surface area contributed by atoms with E-state index in [0.29, 0.717) is 17.0 Å². The van der Waals surface area contributed by atoms with Gasteiger partial charge in [0.2, 0.25) is 5.28 Å². The maximum absolute atomic E-state index is 5.97.